The number of hydrogen-bond donors (Lipinski definition) is 2. The minimum Gasteiger partial charge on any atom is -0.398 e. The van der Waals surface area contributed by atoms with E-state index < -0.39 is 10.2 Å². The summed E-state index contributed by atoms with van der Waals surface area (Å²) in [5, 5.41) is 0.314. The van der Waals surface area contributed by atoms with Crippen molar-refractivity contribution in [3.8, 4) is 0 Å². The molecule has 112 valence electrons. The molecular formula is C12H18ClN3O3S. The maximum atomic E-state index is 12.3. The van der Waals surface area contributed by atoms with Crippen molar-refractivity contribution in [1.29, 1.82) is 0 Å². The van der Waals surface area contributed by atoms with Crippen LogP contribution >= 0.6 is 11.6 Å². The van der Waals surface area contributed by atoms with Gasteiger partial charge in [0, 0.05) is 13.1 Å². The summed E-state index contributed by atoms with van der Waals surface area (Å²) >= 11 is 5.88. The molecule has 3 N–H and O–H groups in total. The molecule has 0 saturated carbocycles. The molecule has 0 radical (unpaired) electrons. The van der Waals surface area contributed by atoms with Gasteiger partial charge < -0.3 is 10.5 Å². The van der Waals surface area contributed by atoms with E-state index in [4.69, 9.17) is 22.1 Å². The van der Waals surface area contributed by atoms with Crippen molar-refractivity contribution in [3.63, 3.8) is 0 Å². The average molecular weight is 320 g/mol. The van der Waals surface area contributed by atoms with Gasteiger partial charge in [-0.1, -0.05) is 11.6 Å². The fraction of sp³-hybridized carbons (Fsp3) is 0.500. The number of nitrogens with two attached hydrogens (primary N) is 1. The van der Waals surface area contributed by atoms with E-state index in [-0.39, 0.29) is 12.2 Å². The van der Waals surface area contributed by atoms with E-state index in [0.29, 0.717) is 29.5 Å². The zero-order valence-corrected chi connectivity index (χ0v) is 12.9. The van der Waals surface area contributed by atoms with E-state index in [1.807, 2.05) is 13.8 Å². The van der Waals surface area contributed by atoms with Gasteiger partial charge in [0.1, 0.15) is 0 Å². The molecular weight excluding hydrogens is 302 g/mol. The number of nitrogens with one attached hydrogen (secondary N) is 1. The van der Waals surface area contributed by atoms with Crippen molar-refractivity contribution in [1.82, 2.24) is 4.31 Å². The van der Waals surface area contributed by atoms with Crippen LogP contribution in [0.4, 0.5) is 11.4 Å². The number of morpholine rings is 1. The second-order valence-corrected chi connectivity index (χ2v) is 7.00. The molecule has 1 heterocycles. The maximum Gasteiger partial charge on any atom is 0.301 e. The summed E-state index contributed by atoms with van der Waals surface area (Å²) in [6, 6.07) is 4.62. The highest BCUT2D eigenvalue weighted by Gasteiger charge is 2.31. The number of ether oxygens (including phenoxy) is 1. The Hall–Kier alpha value is -1.02. The molecule has 1 aromatic carbocycles. The van der Waals surface area contributed by atoms with Crippen molar-refractivity contribution < 1.29 is 13.2 Å². The average Bonchev–Trinajstić information content (AvgIpc) is 2.32. The first-order valence-electron chi connectivity index (χ1n) is 6.26. The van der Waals surface area contributed by atoms with Crippen LogP contribution in [0.5, 0.6) is 0 Å². The first-order valence-corrected chi connectivity index (χ1v) is 8.08. The summed E-state index contributed by atoms with van der Waals surface area (Å²) in [4.78, 5) is 0. The molecule has 1 aromatic rings. The molecule has 1 aliphatic heterocycles. The first kappa shape index (κ1) is 15.4. The summed E-state index contributed by atoms with van der Waals surface area (Å²) < 4.78 is 34.1. The summed E-state index contributed by atoms with van der Waals surface area (Å²) in [6.45, 7) is 4.33. The first-order chi connectivity index (χ1) is 9.28. The molecule has 2 atom stereocenters. The molecule has 0 aliphatic carbocycles. The molecule has 0 bridgehead atoms. The topological polar surface area (TPSA) is 84.7 Å². The molecule has 2 unspecified atom stereocenters. The highest BCUT2D eigenvalue weighted by atomic mass is 35.5. The van der Waals surface area contributed by atoms with E-state index >= 15 is 0 Å². The molecule has 8 heteroatoms. The van der Waals surface area contributed by atoms with E-state index in [9.17, 15) is 8.42 Å². The Bertz CT molecular complexity index is 584. The largest absolute Gasteiger partial charge is 0.398 e. The van der Waals surface area contributed by atoms with E-state index in [0.717, 1.165) is 0 Å². The lowest BCUT2D eigenvalue weighted by molar-refractivity contribution is -0.0439. The molecule has 1 saturated heterocycles. The molecule has 0 amide bonds. The summed E-state index contributed by atoms with van der Waals surface area (Å²) in [5.41, 5.74) is 6.39. The number of nitrogen functional groups attached to an aromatic ring is 1. The monoisotopic (exact) mass is 319 g/mol. The lowest BCUT2D eigenvalue weighted by Crippen LogP contribution is -2.49. The number of anilines is 2. The highest BCUT2D eigenvalue weighted by Crippen LogP contribution is 2.24. The van der Waals surface area contributed by atoms with Crippen LogP contribution in [0.25, 0.3) is 0 Å². The Morgan fingerprint density at radius 2 is 1.95 bits per heavy atom. The van der Waals surface area contributed by atoms with Crippen LogP contribution in [-0.4, -0.2) is 38.0 Å². The van der Waals surface area contributed by atoms with E-state index in [1.54, 1.807) is 12.1 Å². The van der Waals surface area contributed by atoms with E-state index in [2.05, 4.69) is 4.72 Å². The third-order valence-electron chi connectivity index (χ3n) is 2.97. The zero-order valence-electron chi connectivity index (χ0n) is 11.3. The van der Waals surface area contributed by atoms with Gasteiger partial charge in [0.15, 0.2) is 0 Å². The lowest BCUT2D eigenvalue weighted by Gasteiger charge is -2.34. The van der Waals surface area contributed by atoms with Crippen molar-refractivity contribution in [2.75, 3.05) is 23.5 Å². The number of nitrogens with zero attached hydrogens (tertiary/aromatic N) is 1. The fourth-order valence-corrected chi connectivity index (χ4v) is 3.68. The molecule has 20 heavy (non-hydrogen) atoms. The summed E-state index contributed by atoms with van der Waals surface area (Å²) in [6.07, 6.45) is -0.268. The molecule has 0 aromatic heterocycles. The minimum atomic E-state index is -3.63. The van der Waals surface area contributed by atoms with Gasteiger partial charge in [0.05, 0.1) is 28.6 Å². The third-order valence-corrected chi connectivity index (χ3v) is 4.77. The van der Waals surface area contributed by atoms with Gasteiger partial charge in [0.25, 0.3) is 0 Å². The Balaban J connectivity index is 2.16. The van der Waals surface area contributed by atoms with Crippen molar-refractivity contribution in [2.24, 2.45) is 0 Å². The molecule has 1 aliphatic rings. The van der Waals surface area contributed by atoms with Crippen LogP contribution in [0.2, 0.25) is 5.02 Å². The Kier molecular flexibility index (Phi) is 4.43. The van der Waals surface area contributed by atoms with Gasteiger partial charge in [0.2, 0.25) is 0 Å². The Labute approximate surface area is 124 Å². The van der Waals surface area contributed by atoms with Crippen molar-refractivity contribution in [3.05, 3.63) is 23.2 Å². The quantitative estimate of drug-likeness (QED) is 0.830. The van der Waals surface area contributed by atoms with Crippen molar-refractivity contribution in [2.45, 2.75) is 26.1 Å². The number of halogens is 1. The van der Waals surface area contributed by atoms with Gasteiger partial charge in [-0.15, -0.1) is 0 Å². The third kappa shape index (κ3) is 3.54. The predicted molar refractivity (Wildman–Crippen MR) is 80.0 cm³/mol. The van der Waals surface area contributed by atoms with Gasteiger partial charge >= 0.3 is 10.2 Å². The maximum absolute atomic E-state index is 12.3. The van der Waals surface area contributed by atoms with E-state index in [1.165, 1.54) is 10.4 Å². The summed E-state index contributed by atoms with van der Waals surface area (Å²) in [7, 11) is -3.63. The Morgan fingerprint density at radius 3 is 2.50 bits per heavy atom. The molecule has 0 spiro atoms. The molecule has 6 nitrogen and oxygen atoms in total. The number of hydrogen-bond acceptors (Lipinski definition) is 4. The van der Waals surface area contributed by atoms with Gasteiger partial charge in [-0.05, 0) is 32.0 Å². The Morgan fingerprint density at radius 1 is 1.35 bits per heavy atom. The lowest BCUT2D eigenvalue weighted by atomic mass is 10.3. The predicted octanol–water partition coefficient (Wildman–Crippen LogP) is 1.69. The molecule has 2 rings (SSSR count). The number of benzene rings is 1. The van der Waals surface area contributed by atoms with Crippen LogP contribution in [0.15, 0.2) is 18.2 Å². The van der Waals surface area contributed by atoms with Gasteiger partial charge in [-0.2, -0.15) is 12.7 Å². The second kappa shape index (κ2) is 5.77. The van der Waals surface area contributed by atoms with Crippen molar-refractivity contribution >= 4 is 33.2 Å². The van der Waals surface area contributed by atoms with Gasteiger partial charge in [-0.25, -0.2) is 0 Å². The molecule has 1 fully saturated rings. The summed E-state index contributed by atoms with van der Waals surface area (Å²) in [5.74, 6) is 0. The fourth-order valence-electron chi connectivity index (χ4n) is 2.13. The SMILES string of the molecule is CC1CN(S(=O)(=O)Nc2ccc(N)c(Cl)c2)CC(C)O1. The minimum absolute atomic E-state index is 0.134. The smallest absolute Gasteiger partial charge is 0.301 e. The van der Waals surface area contributed by atoms with Crippen LogP contribution in [-0.2, 0) is 14.9 Å². The zero-order chi connectivity index (χ0) is 14.9. The van der Waals surface area contributed by atoms with Crippen LogP contribution < -0.4 is 10.5 Å². The van der Waals surface area contributed by atoms with Crippen LogP contribution in [0.1, 0.15) is 13.8 Å². The van der Waals surface area contributed by atoms with Crippen LogP contribution in [0.3, 0.4) is 0 Å². The second-order valence-electron chi connectivity index (χ2n) is 4.92. The van der Waals surface area contributed by atoms with Gasteiger partial charge in [-0.3, -0.25) is 4.72 Å². The standard InChI is InChI=1S/C12H18ClN3O3S/c1-8-6-16(7-9(2)19-8)20(17,18)15-10-3-4-12(14)11(13)5-10/h3-5,8-9,15H,6-7,14H2,1-2H3. The van der Waals surface area contributed by atoms with Crippen LogP contribution in [0, 0.1) is 0 Å². The number of rotatable bonds is 3. The normalized spacial score (nSPS) is 24.6. The highest BCUT2D eigenvalue weighted by molar-refractivity contribution is 7.90.